The topological polar surface area (TPSA) is 0 Å². The second-order valence-corrected chi connectivity index (χ2v) is 7.45. The van der Waals surface area contributed by atoms with Crippen molar-refractivity contribution in [3.05, 3.63) is 95.1 Å². The molecule has 2 aromatic rings. The molecule has 0 spiro atoms. The molecule has 136 valence electrons. The number of benzene rings is 2. The van der Waals surface area contributed by atoms with Crippen LogP contribution >= 0.6 is 0 Å². The van der Waals surface area contributed by atoms with E-state index >= 15 is 0 Å². The molecule has 1 aliphatic rings. The summed E-state index contributed by atoms with van der Waals surface area (Å²) in [6.07, 6.45) is 13.3. The smallest absolute Gasteiger partial charge is 0.0419 e. The van der Waals surface area contributed by atoms with Crippen LogP contribution in [-0.4, -0.2) is 0 Å². The van der Waals surface area contributed by atoms with Gasteiger partial charge in [-0.25, -0.2) is 0 Å². The number of unbranched alkanes of at least 4 members (excludes halogenated alkanes) is 2. The highest BCUT2D eigenvalue weighted by Crippen LogP contribution is 2.48. The second kappa shape index (κ2) is 9.03. The van der Waals surface area contributed by atoms with E-state index in [1.54, 1.807) is 11.1 Å². The quantitative estimate of drug-likeness (QED) is 0.439. The summed E-state index contributed by atoms with van der Waals surface area (Å²) in [5.41, 5.74) is 6.12. The highest BCUT2D eigenvalue weighted by molar-refractivity contribution is 5.54. The molecule has 0 saturated carbocycles. The van der Waals surface area contributed by atoms with Gasteiger partial charge < -0.3 is 0 Å². The summed E-state index contributed by atoms with van der Waals surface area (Å²) in [4.78, 5) is 0. The zero-order chi connectivity index (χ0) is 18.2. The first-order valence-corrected chi connectivity index (χ1v) is 10.3. The molecule has 0 aliphatic heterocycles. The van der Waals surface area contributed by atoms with Gasteiger partial charge in [-0.1, -0.05) is 106 Å². The standard InChI is InChI=1S/C26H32/c1-3-5-14-22-15-13-20-25(22)26(21-6-4-2,23-16-9-7-10-17-23)24-18-11-8-12-19-24/h7-13,15-19H,3-6,14,20-21H2,1-2H3. The lowest BCUT2D eigenvalue weighted by atomic mass is 9.64. The van der Waals surface area contributed by atoms with Crippen molar-refractivity contribution in [1.29, 1.82) is 0 Å². The van der Waals surface area contributed by atoms with Gasteiger partial charge in [-0.05, 0) is 48.0 Å². The van der Waals surface area contributed by atoms with Gasteiger partial charge >= 0.3 is 0 Å². The Morgan fingerprint density at radius 1 is 0.769 bits per heavy atom. The fourth-order valence-corrected chi connectivity index (χ4v) is 4.44. The average molecular weight is 345 g/mol. The van der Waals surface area contributed by atoms with Crippen molar-refractivity contribution in [2.75, 3.05) is 0 Å². The van der Waals surface area contributed by atoms with Gasteiger partial charge in [-0.15, -0.1) is 0 Å². The third kappa shape index (κ3) is 3.70. The third-order valence-corrected chi connectivity index (χ3v) is 5.78. The van der Waals surface area contributed by atoms with Crippen LogP contribution < -0.4 is 0 Å². The van der Waals surface area contributed by atoms with Gasteiger partial charge in [-0.2, -0.15) is 0 Å². The van der Waals surface area contributed by atoms with Crippen molar-refractivity contribution in [2.24, 2.45) is 0 Å². The van der Waals surface area contributed by atoms with Crippen LogP contribution in [0.4, 0.5) is 0 Å². The fourth-order valence-electron chi connectivity index (χ4n) is 4.44. The largest absolute Gasteiger partial charge is 0.0801 e. The molecule has 0 N–H and O–H groups in total. The second-order valence-electron chi connectivity index (χ2n) is 7.45. The van der Waals surface area contributed by atoms with Crippen molar-refractivity contribution in [2.45, 2.75) is 64.2 Å². The van der Waals surface area contributed by atoms with Crippen LogP contribution in [0.5, 0.6) is 0 Å². The van der Waals surface area contributed by atoms with Gasteiger partial charge in [0.2, 0.25) is 0 Å². The summed E-state index contributed by atoms with van der Waals surface area (Å²) in [5.74, 6) is 0. The van der Waals surface area contributed by atoms with Crippen molar-refractivity contribution in [3.63, 3.8) is 0 Å². The molecule has 1 aliphatic carbocycles. The zero-order valence-corrected chi connectivity index (χ0v) is 16.4. The van der Waals surface area contributed by atoms with Gasteiger partial charge in [0.05, 0.1) is 0 Å². The molecule has 0 saturated heterocycles. The normalized spacial score (nSPS) is 14.2. The predicted molar refractivity (Wildman–Crippen MR) is 113 cm³/mol. The van der Waals surface area contributed by atoms with E-state index in [4.69, 9.17) is 0 Å². The Morgan fingerprint density at radius 2 is 1.35 bits per heavy atom. The minimum Gasteiger partial charge on any atom is -0.0801 e. The molecule has 0 bridgehead atoms. The van der Waals surface area contributed by atoms with Gasteiger partial charge in [0.1, 0.15) is 0 Å². The van der Waals surface area contributed by atoms with Gasteiger partial charge in [0, 0.05) is 5.41 Å². The maximum Gasteiger partial charge on any atom is 0.0419 e. The molecule has 0 fully saturated rings. The SMILES string of the molecule is CCCCC1=C(C(CCCC)(c2ccccc2)c2ccccc2)CC=C1. The van der Waals surface area contributed by atoms with Crippen LogP contribution in [0.15, 0.2) is 84.0 Å². The van der Waals surface area contributed by atoms with Crippen molar-refractivity contribution in [1.82, 2.24) is 0 Å². The van der Waals surface area contributed by atoms with Crippen molar-refractivity contribution >= 4 is 0 Å². The van der Waals surface area contributed by atoms with Gasteiger partial charge in [0.15, 0.2) is 0 Å². The molecule has 0 aromatic heterocycles. The van der Waals surface area contributed by atoms with Gasteiger partial charge in [0.25, 0.3) is 0 Å². The van der Waals surface area contributed by atoms with Gasteiger partial charge in [-0.3, -0.25) is 0 Å². The molecule has 3 rings (SSSR count). The summed E-state index contributed by atoms with van der Waals surface area (Å²) in [7, 11) is 0. The third-order valence-electron chi connectivity index (χ3n) is 5.78. The zero-order valence-electron chi connectivity index (χ0n) is 16.4. The lowest BCUT2D eigenvalue weighted by Gasteiger charge is -2.38. The summed E-state index contributed by atoms with van der Waals surface area (Å²) >= 11 is 0. The molecule has 0 nitrogen and oxygen atoms in total. The Kier molecular flexibility index (Phi) is 6.50. The number of allylic oxidation sites excluding steroid dienone is 4. The van der Waals surface area contributed by atoms with Crippen LogP contribution in [0.1, 0.15) is 69.9 Å². The van der Waals surface area contributed by atoms with E-state index in [1.165, 1.54) is 49.7 Å². The monoisotopic (exact) mass is 344 g/mol. The van der Waals surface area contributed by atoms with E-state index < -0.39 is 0 Å². The molecule has 0 amide bonds. The van der Waals surface area contributed by atoms with E-state index in [2.05, 4.69) is 86.7 Å². The molecule has 2 aromatic carbocycles. The lowest BCUT2D eigenvalue weighted by Crippen LogP contribution is -2.31. The first-order valence-electron chi connectivity index (χ1n) is 10.3. The number of rotatable bonds is 9. The highest BCUT2D eigenvalue weighted by Gasteiger charge is 2.39. The highest BCUT2D eigenvalue weighted by atomic mass is 14.4. The first kappa shape index (κ1) is 18.7. The van der Waals surface area contributed by atoms with Crippen molar-refractivity contribution in [3.8, 4) is 0 Å². The van der Waals surface area contributed by atoms with Crippen molar-refractivity contribution < 1.29 is 0 Å². The number of hydrogen-bond acceptors (Lipinski definition) is 0. The van der Waals surface area contributed by atoms with Crippen LogP contribution in [0.3, 0.4) is 0 Å². The molecule has 0 atom stereocenters. The van der Waals surface area contributed by atoms with E-state index in [1.807, 2.05) is 0 Å². The Morgan fingerprint density at radius 3 is 1.88 bits per heavy atom. The molecular formula is C26H32. The Bertz CT molecular complexity index is 695. The van der Waals surface area contributed by atoms with Crippen LogP contribution in [0.2, 0.25) is 0 Å². The van der Waals surface area contributed by atoms with Crippen LogP contribution in [0.25, 0.3) is 0 Å². The average Bonchev–Trinajstić information content (AvgIpc) is 3.18. The summed E-state index contributed by atoms with van der Waals surface area (Å²) in [6, 6.07) is 22.4. The molecule has 26 heavy (non-hydrogen) atoms. The van der Waals surface area contributed by atoms with Crippen LogP contribution in [-0.2, 0) is 5.41 Å². The minimum atomic E-state index is 0.00506. The van der Waals surface area contributed by atoms with Crippen LogP contribution in [0, 0.1) is 0 Å². The summed E-state index contributed by atoms with van der Waals surface area (Å²) in [5, 5.41) is 0. The molecule has 0 unspecified atom stereocenters. The molecule has 0 heterocycles. The predicted octanol–water partition coefficient (Wildman–Crippen LogP) is 7.61. The molecule has 0 radical (unpaired) electrons. The lowest BCUT2D eigenvalue weighted by molar-refractivity contribution is 0.507. The Labute approximate surface area is 159 Å². The Balaban J connectivity index is 2.20. The number of hydrogen-bond donors (Lipinski definition) is 0. The fraction of sp³-hybridized carbons (Fsp3) is 0.385. The molecule has 0 heteroatoms. The first-order chi connectivity index (χ1) is 12.8. The van der Waals surface area contributed by atoms with E-state index in [-0.39, 0.29) is 5.41 Å². The Hall–Kier alpha value is -2.08. The van der Waals surface area contributed by atoms with E-state index in [0.717, 1.165) is 6.42 Å². The molecular weight excluding hydrogens is 312 g/mol. The maximum absolute atomic E-state index is 2.40. The van der Waals surface area contributed by atoms with E-state index in [0.29, 0.717) is 0 Å². The summed E-state index contributed by atoms with van der Waals surface area (Å²) in [6.45, 7) is 4.59. The minimum absolute atomic E-state index is 0.00506. The maximum atomic E-state index is 2.40. The summed E-state index contributed by atoms with van der Waals surface area (Å²) < 4.78 is 0. The van der Waals surface area contributed by atoms with E-state index in [9.17, 15) is 0 Å².